The molecule has 10 heteroatoms. The van der Waals surface area contributed by atoms with Crippen molar-refractivity contribution in [2.24, 2.45) is 10.2 Å². The number of hydrogen-bond acceptors (Lipinski definition) is 7. The number of nitrogens with one attached hydrogen (secondary N) is 1. The van der Waals surface area contributed by atoms with Crippen molar-refractivity contribution in [1.29, 1.82) is 0 Å². The number of thiazole rings is 1. The monoisotopic (exact) mass is 448 g/mol. The quantitative estimate of drug-likeness (QED) is 0.232. The van der Waals surface area contributed by atoms with Crippen molar-refractivity contribution in [3.05, 3.63) is 86.1 Å². The SMILES string of the molecule is CC(C)(C)c1csc(-n2[nH]c(-c3ccc([N+](=O)[O-])cc3)c(N=Nc3ccccc3)c2=O)n1. The lowest BCUT2D eigenvalue weighted by Crippen LogP contribution is -2.16. The smallest absolute Gasteiger partial charge is 0.286 e. The van der Waals surface area contributed by atoms with E-state index in [0.29, 0.717) is 22.1 Å². The number of non-ortho nitro benzene ring substituents is 1. The molecule has 0 atom stereocenters. The molecule has 32 heavy (non-hydrogen) atoms. The number of aromatic nitrogens is 3. The van der Waals surface area contributed by atoms with Crippen LogP contribution in [0.2, 0.25) is 0 Å². The van der Waals surface area contributed by atoms with Gasteiger partial charge in [0.05, 0.1) is 22.0 Å². The Morgan fingerprint density at radius 3 is 2.34 bits per heavy atom. The summed E-state index contributed by atoms with van der Waals surface area (Å²) < 4.78 is 1.33. The molecule has 0 saturated heterocycles. The predicted octanol–water partition coefficient (Wildman–Crippen LogP) is 5.91. The second-order valence-electron chi connectivity index (χ2n) is 8.08. The number of nitro benzene ring substituents is 1. The normalized spacial score (nSPS) is 11.8. The molecule has 0 unspecified atom stereocenters. The number of benzene rings is 2. The summed E-state index contributed by atoms with van der Waals surface area (Å²) in [5, 5.41) is 24.9. The van der Waals surface area contributed by atoms with Crippen molar-refractivity contribution in [2.45, 2.75) is 26.2 Å². The molecular weight excluding hydrogens is 428 g/mol. The fourth-order valence-electron chi connectivity index (χ4n) is 2.92. The zero-order valence-corrected chi connectivity index (χ0v) is 18.5. The summed E-state index contributed by atoms with van der Waals surface area (Å²) >= 11 is 1.34. The Hall–Kier alpha value is -3.92. The lowest BCUT2D eigenvalue weighted by atomic mass is 9.93. The summed E-state index contributed by atoms with van der Waals surface area (Å²) in [5.41, 5.74) is 1.91. The first-order valence-electron chi connectivity index (χ1n) is 9.77. The van der Waals surface area contributed by atoms with Crippen LogP contribution in [-0.4, -0.2) is 19.7 Å². The molecule has 0 aliphatic carbocycles. The third-order valence-corrected chi connectivity index (χ3v) is 5.53. The first-order valence-corrected chi connectivity index (χ1v) is 10.6. The van der Waals surface area contributed by atoms with Gasteiger partial charge in [-0.25, -0.2) is 4.98 Å². The van der Waals surface area contributed by atoms with Crippen LogP contribution in [-0.2, 0) is 5.41 Å². The van der Waals surface area contributed by atoms with Gasteiger partial charge in [0.2, 0.25) is 5.13 Å². The molecule has 2 aromatic heterocycles. The van der Waals surface area contributed by atoms with Gasteiger partial charge < -0.3 is 0 Å². The number of nitro groups is 1. The van der Waals surface area contributed by atoms with Gasteiger partial charge in [0.15, 0.2) is 5.69 Å². The van der Waals surface area contributed by atoms with E-state index in [2.05, 4.69) is 20.3 Å². The fraction of sp³-hybridized carbons (Fsp3) is 0.182. The van der Waals surface area contributed by atoms with Gasteiger partial charge in [-0.2, -0.15) is 9.80 Å². The minimum atomic E-state index is -0.475. The molecule has 0 saturated carbocycles. The van der Waals surface area contributed by atoms with E-state index in [1.165, 1.54) is 28.2 Å². The van der Waals surface area contributed by atoms with Crippen molar-refractivity contribution in [3.63, 3.8) is 0 Å². The molecule has 0 aliphatic heterocycles. The molecule has 0 spiro atoms. The molecule has 162 valence electrons. The zero-order chi connectivity index (χ0) is 22.9. The molecule has 2 aromatic carbocycles. The standard InChI is InChI=1S/C22H20N6O3S/c1-22(2,3)17-13-32-21(23-17)27-20(29)19(25-24-15-7-5-4-6-8-15)18(26-27)14-9-11-16(12-10-14)28(30)31/h4-13,26H,1-3H3. The second kappa shape index (κ2) is 8.31. The van der Waals surface area contributed by atoms with Crippen LogP contribution in [0, 0.1) is 10.1 Å². The minimum Gasteiger partial charge on any atom is -0.286 e. The number of azo groups is 1. The van der Waals surface area contributed by atoms with Gasteiger partial charge in [0.1, 0.15) is 0 Å². The van der Waals surface area contributed by atoms with Gasteiger partial charge in [0.25, 0.3) is 5.69 Å². The molecular formula is C22H20N6O3S. The second-order valence-corrected chi connectivity index (χ2v) is 8.92. The van der Waals surface area contributed by atoms with Gasteiger partial charge in [-0.1, -0.05) is 39.0 Å². The Morgan fingerprint density at radius 2 is 1.75 bits per heavy atom. The van der Waals surface area contributed by atoms with E-state index in [-0.39, 0.29) is 16.8 Å². The van der Waals surface area contributed by atoms with Gasteiger partial charge in [-0.15, -0.1) is 16.5 Å². The van der Waals surface area contributed by atoms with E-state index in [4.69, 9.17) is 0 Å². The van der Waals surface area contributed by atoms with Gasteiger partial charge in [0, 0.05) is 28.5 Å². The molecule has 0 radical (unpaired) electrons. The molecule has 2 heterocycles. The molecule has 0 bridgehead atoms. The van der Waals surface area contributed by atoms with Crippen LogP contribution in [0.25, 0.3) is 16.4 Å². The Bertz CT molecular complexity index is 1350. The number of nitrogens with zero attached hydrogens (tertiary/aromatic N) is 5. The van der Waals surface area contributed by atoms with E-state index in [1.54, 1.807) is 24.3 Å². The molecule has 4 rings (SSSR count). The number of hydrogen-bond donors (Lipinski definition) is 1. The summed E-state index contributed by atoms with van der Waals surface area (Å²) in [7, 11) is 0. The highest BCUT2D eigenvalue weighted by atomic mass is 32.1. The maximum absolute atomic E-state index is 13.3. The Kier molecular flexibility index (Phi) is 5.54. The van der Waals surface area contributed by atoms with Crippen LogP contribution in [0.5, 0.6) is 0 Å². The van der Waals surface area contributed by atoms with Crippen molar-refractivity contribution in [2.75, 3.05) is 0 Å². The molecule has 4 aromatic rings. The first kappa shape index (κ1) is 21.3. The summed E-state index contributed by atoms with van der Waals surface area (Å²) in [4.78, 5) is 28.4. The average molecular weight is 449 g/mol. The maximum Gasteiger partial charge on any atom is 0.301 e. The highest BCUT2D eigenvalue weighted by molar-refractivity contribution is 7.12. The van der Waals surface area contributed by atoms with Crippen LogP contribution in [0.3, 0.4) is 0 Å². The number of aromatic amines is 1. The van der Waals surface area contributed by atoms with E-state index in [0.717, 1.165) is 5.69 Å². The first-order chi connectivity index (χ1) is 15.2. The van der Waals surface area contributed by atoms with E-state index < -0.39 is 10.5 Å². The lowest BCUT2D eigenvalue weighted by molar-refractivity contribution is -0.384. The van der Waals surface area contributed by atoms with Crippen molar-refractivity contribution in [1.82, 2.24) is 14.8 Å². The number of rotatable bonds is 5. The van der Waals surface area contributed by atoms with Crippen LogP contribution in [0.4, 0.5) is 17.1 Å². The molecule has 1 N–H and O–H groups in total. The van der Waals surface area contributed by atoms with Crippen LogP contribution in [0.15, 0.2) is 75.0 Å². The molecule has 0 amide bonds. The highest BCUT2D eigenvalue weighted by Gasteiger charge is 2.22. The maximum atomic E-state index is 13.3. The van der Waals surface area contributed by atoms with E-state index >= 15 is 0 Å². The predicted molar refractivity (Wildman–Crippen MR) is 123 cm³/mol. The van der Waals surface area contributed by atoms with Crippen LogP contribution >= 0.6 is 11.3 Å². The molecule has 0 fully saturated rings. The summed E-state index contributed by atoms with van der Waals surface area (Å²) in [5.74, 6) is 0. The number of H-pyrrole nitrogens is 1. The van der Waals surface area contributed by atoms with E-state index in [9.17, 15) is 14.9 Å². The minimum absolute atomic E-state index is 0.0438. The summed E-state index contributed by atoms with van der Waals surface area (Å²) in [6, 6.07) is 15.0. The Balaban J connectivity index is 1.84. The van der Waals surface area contributed by atoms with Gasteiger partial charge in [-0.05, 0) is 24.3 Å². The largest absolute Gasteiger partial charge is 0.301 e. The fourth-order valence-corrected chi connectivity index (χ4v) is 3.93. The Labute approximate surface area is 187 Å². The van der Waals surface area contributed by atoms with Crippen molar-refractivity contribution >= 4 is 28.4 Å². The van der Waals surface area contributed by atoms with Gasteiger partial charge >= 0.3 is 5.56 Å². The summed E-state index contributed by atoms with van der Waals surface area (Å²) in [6.45, 7) is 6.14. The van der Waals surface area contributed by atoms with Crippen molar-refractivity contribution in [3.8, 4) is 16.4 Å². The van der Waals surface area contributed by atoms with Crippen LogP contribution in [0.1, 0.15) is 26.5 Å². The van der Waals surface area contributed by atoms with E-state index in [1.807, 2.05) is 44.4 Å². The summed E-state index contributed by atoms with van der Waals surface area (Å²) in [6.07, 6.45) is 0. The van der Waals surface area contributed by atoms with Crippen LogP contribution < -0.4 is 5.56 Å². The molecule has 0 aliphatic rings. The van der Waals surface area contributed by atoms with Gasteiger partial charge in [-0.3, -0.25) is 20.0 Å². The van der Waals surface area contributed by atoms with Crippen molar-refractivity contribution < 1.29 is 4.92 Å². The zero-order valence-electron chi connectivity index (χ0n) is 17.6. The average Bonchev–Trinajstić information content (AvgIpc) is 3.38. The highest BCUT2D eigenvalue weighted by Crippen LogP contribution is 2.31. The third kappa shape index (κ3) is 4.26. The third-order valence-electron chi connectivity index (χ3n) is 4.71. The topological polar surface area (TPSA) is 119 Å². The molecule has 9 nitrogen and oxygen atoms in total. The Morgan fingerprint density at radius 1 is 1.06 bits per heavy atom. The lowest BCUT2D eigenvalue weighted by Gasteiger charge is -2.14.